The molecule has 2 aliphatic rings. The first kappa shape index (κ1) is 22.1. The maximum atomic E-state index is 13.8. The molecule has 0 radical (unpaired) electrons. The van der Waals surface area contributed by atoms with E-state index in [1.165, 1.54) is 0 Å². The lowest BCUT2D eigenvalue weighted by Gasteiger charge is -2.40. The molecule has 2 fully saturated rings. The van der Waals surface area contributed by atoms with Crippen molar-refractivity contribution in [2.24, 2.45) is 0 Å². The summed E-state index contributed by atoms with van der Waals surface area (Å²) in [4.78, 5) is 30.4. The summed E-state index contributed by atoms with van der Waals surface area (Å²) < 4.78 is 0. The summed E-state index contributed by atoms with van der Waals surface area (Å²) in [5, 5.41) is 14.7. The molecule has 2 aromatic rings. The molecular formula is C25H32N4O3. The van der Waals surface area contributed by atoms with Gasteiger partial charge in [-0.2, -0.15) is 5.06 Å². The minimum absolute atomic E-state index is 0.0989. The van der Waals surface area contributed by atoms with Crippen molar-refractivity contribution in [3.63, 3.8) is 0 Å². The van der Waals surface area contributed by atoms with Crippen LogP contribution in [0.3, 0.4) is 0 Å². The highest BCUT2D eigenvalue weighted by atomic mass is 16.5. The molecule has 1 aliphatic carbocycles. The van der Waals surface area contributed by atoms with E-state index in [9.17, 15) is 14.8 Å². The molecule has 32 heavy (non-hydrogen) atoms. The monoisotopic (exact) mass is 436 g/mol. The number of nitrogens with zero attached hydrogens (tertiary/aromatic N) is 3. The van der Waals surface area contributed by atoms with Crippen molar-refractivity contribution in [1.29, 1.82) is 0 Å². The summed E-state index contributed by atoms with van der Waals surface area (Å²) in [6, 6.07) is 14.2. The second-order valence-corrected chi connectivity index (χ2v) is 9.36. The number of carbonyl (C=O) groups is 2. The van der Waals surface area contributed by atoms with E-state index in [-0.39, 0.29) is 12.1 Å². The molecular weight excluding hydrogens is 404 g/mol. The number of amides is 4. The van der Waals surface area contributed by atoms with Crippen LogP contribution >= 0.6 is 0 Å². The van der Waals surface area contributed by atoms with E-state index in [0.717, 1.165) is 36.8 Å². The second kappa shape index (κ2) is 8.47. The molecule has 4 amide bonds. The number of carbonyl (C=O) groups excluding carboxylic acids is 2. The van der Waals surface area contributed by atoms with Gasteiger partial charge in [0.2, 0.25) is 0 Å². The van der Waals surface area contributed by atoms with Crippen LogP contribution in [0.15, 0.2) is 48.5 Å². The SMILES string of the molecule is Cc1ccccc1NC(=O)N(O)[C@@H]1N(c2ccccc2C)C(=O)N(C2CCCC2)C1(C)C. The van der Waals surface area contributed by atoms with Gasteiger partial charge in [-0.15, -0.1) is 0 Å². The average Bonchev–Trinajstić information content (AvgIpc) is 3.33. The van der Waals surface area contributed by atoms with Crippen molar-refractivity contribution in [2.75, 3.05) is 10.2 Å². The number of urea groups is 2. The molecule has 1 aliphatic heterocycles. The fraction of sp³-hybridized carbons (Fsp3) is 0.440. The number of anilines is 2. The van der Waals surface area contributed by atoms with E-state index >= 15 is 0 Å². The number of hydroxylamine groups is 2. The van der Waals surface area contributed by atoms with Gasteiger partial charge >= 0.3 is 12.1 Å². The predicted molar refractivity (Wildman–Crippen MR) is 125 cm³/mol. The van der Waals surface area contributed by atoms with Gasteiger partial charge in [0.1, 0.15) is 0 Å². The van der Waals surface area contributed by atoms with Gasteiger partial charge in [-0.3, -0.25) is 10.1 Å². The third kappa shape index (κ3) is 3.71. The van der Waals surface area contributed by atoms with E-state index in [4.69, 9.17) is 0 Å². The molecule has 170 valence electrons. The van der Waals surface area contributed by atoms with Gasteiger partial charge in [0.25, 0.3) is 0 Å². The molecule has 1 heterocycles. The average molecular weight is 437 g/mol. The Balaban J connectivity index is 1.73. The molecule has 4 rings (SSSR count). The quantitative estimate of drug-likeness (QED) is 0.490. The van der Waals surface area contributed by atoms with E-state index in [2.05, 4.69) is 5.32 Å². The number of rotatable bonds is 4. The largest absolute Gasteiger partial charge is 0.347 e. The molecule has 0 aromatic heterocycles. The third-order valence-corrected chi connectivity index (χ3v) is 6.80. The molecule has 1 saturated heterocycles. The number of aryl methyl sites for hydroxylation is 2. The van der Waals surface area contributed by atoms with E-state index in [1.54, 1.807) is 11.0 Å². The van der Waals surface area contributed by atoms with Crippen molar-refractivity contribution in [1.82, 2.24) is 9.96 Å². The van der Waals surface area contributed by atoms with Crippen LogP contribution in [-0.2, 0) is 0 Å². The van der Waals surface area contributed by atoms with Gasteiger partial charge in [0.15, 0.2) is 6.17 Å². The maximum Gasteiger partial charge on any atom is 0.347 e. The summed E-state index contributed by atoms with van der Waals surface area (Å²) in [5.74, 6) is 0. The molecule has 7 heteroatoms. The summed E-state index contributed by atoms with van der Waals surface area (Å²) in [7, 11) is 0. The Kier molecular flexibility index (Phi) is 5.86. The summed E-state index contributed by atoms with van der Waals surface area (Å²) in [5.41, 5.74) is 2.31. The zero-order valence-corrected chi connectivity index (χ0v) is 19.2. The minimum Gasteiger partial charge on any atom is -0.312 e. The lowest BCUT2D eigenvalue weighted by Crippen LogP contribution is -2.59. The standard InChI is InChI=1S/C25H32N4O3/c1-17-11-5-9-15-20(17)26-23(30)29(32)22-25(3,4)28(19-13-7-8-14-19)24(31)27(22)21-16-10-6-12-18(21)2/h5-6,9-12,15-16,19,22,32H,7-8,13-14H2,1-4H3,(H,26,30)/t22-/m0/s1. The highest BCUT2D eigenvalue weighted by Crippen LogP contribution is 2.43. The highest BCUT2D eigenvalue weighted by molar-refractivity contribution is 5.99. The Morgan fingerprint density at radius 2 is 1.62 bits per heavy atom. The molecule has 0 unspecified atom stereocenters. The smallest absolute Gasteiger partial charge is 0.312 e. The van der Waals surface area contributed by atoms with Crippen molar-refractivity contribution in [3.05, 3.63) is 59.7 Å². The van der Waals surface area contributed by atoms with Crippen molar-refractivity contribution < 1.29 is 14.8 Å². The van der Waals surface area contributed by atoms with Crippen LogP contribution in [0, 0.1) is 13.8 Å². The van der Waals surface area contributed by atoms with E-state index in [0.29, 0.717) is 16.4 Å². The summed E-state index contributed by atoms with van der Waals surface area (Å²) in [6.45, 7) is 7.68. The van der Waals surface area contributed by atoms with Crippen LogP contribution in [0.1, 0.15) is 50.7 Å². The topological polar surface area (TPSA) is 76.1 Å². The number of hydrogen-bond acceptors (Lipinski definition) is 3. The lowest BCUT2D eigenvalue weighted by molar-refractivity contribution is -0.0976. The first-order valence-corrected chi connectivity index (χ1v) is 11.3. The van der Waals surface area contributed by atoms with Crippen molar-refractivity contribution in [3.8, 4) is 0 Å². The number of para-hydroxylation sites is 2. The summed E-state index contributed by atoms with van der Waals surface area (Å²) in [6.07, 6.45) is 3.14. The van der Waals surface area contributed by atoms with Crippen molar-refractivity contribution in [2.45, 2.75) is 71.1 Å². The predicted octanol–water partition coefficient (Wildman–Crippen LogP) is 5.52. The van der Waals surface area contributed by atoms with Crippen LogP contribution in [0.5, 0.6) is 0 Å². The van der Waals surface area contributed by atoms with E-state index in [1.807, 2.05) is 75.1 Å². The van der Waals surface area contributed by atoms with Crippen LogP contribution in [0.25, 0.3) is 0 Å². The molecule has 0 bridgehead atoms. The molecule has 1 atom stereocenters. The Labute approximate surface area is 189 Å². The Morgan fingerprint density at radius 3 is 2.25 bits per heavy atom. The Morgan fingerprint density at radius 1 is 1.03 bits per heavy atom. The zero-order valence-electron chi connectivity index (χ0n) is 19.2. The first-order valence-electron chi connectivity index (χ1n) is 11.3. The van der Waals surface area contributed by atoms with Crippen molar-refractivity contribution >= 4 is 23.4 Å². The van der Waals surface area contributed by atoms with Gasteiger partial charge in [-0.05, 0) is 63.8 Å². The Bertz CT molecular complexity index is 1020. The van der Waals surface area contributed by atoms with Crippen LogP contribution in [0.2, 0.25) is 0 Å². The fourth-order valence-corrected chi connectivity index (χ4v) is 5.17. The molecule has 2 N–H and O–H groups in total. The second-order valence-electron chi connectivity index (χ2n) is 9.36. The number of hydrogen-bond donors (Lipinski definition) is 2. The maximum absolute atomic E-state index is 13.8. The number of nitrogens with one attached hydrogen (secondary N) is 1. The third-order valence-electron chi connectivity index (χ3n) is 6.80. The minimum atomic E-state index is -0.888. The van der Waals surface area contributed by atoms with Gasteiger partial charge in [0, 0.05) is 11.7 Å². The van der Waals surface area contributed by atoms with E-state index < -0.39 is 17.7 Å². The first-order chi connectivity index (χ1) is 15.2. The zero-order chi connectivity index (χ0) is 23.0. The van der Waals surface area contributed by atoms with Gasteiger partial charge in [0.05, 0.1) is 11.2 Å². The van der Waals surface area contributed by atoms with Crippen LogP contribution in [-0.4, -0.2) is 45.0 Å². The molecule has 7 nitrogen and oxygen atoms in total. The normalized spacial score (nSPS) is 20.7. The summed E-state index contributed by atoms with van der Waals surface area (Å²) >= 11 is 0. The van der Waals surface area contributed by atoms with Gasteiger partial charge in [-0.1, -0.05) is 49.2 Å². The molecule has 1 saturated carbocycles. The van der Waals surface area contributed by atoms with Crippen LogP contribution in [0.4, 0.5) is 21.0 Å². The molecule has 0 spiro atoms. The van der Waals surface area contributed by atoms with Crippen LogP contribution < -0.4 is 10.2 Å². The lowest BCUT2D eigenvalue weighted by atomic mass is 9.97. The fourth-order valence-electron chi connectivity index (χ4n) is 5.17. The van der Waals surface area contributed by atoms with Gasteiger partial charge < -0.3 is 10.2 Å². The Hall–Kier alpha value is -3.06. The number of benzene rings is 2. The van der Waals surface area contributed by atoms with Gasteiger partial charge in [-0.25, -0.2) is 9.59 Å². The molecule has 2 aromatic carbocycles. The highest BCUT2D eigenvalue weighted by Gasteiger charge is 2.58.